The molecule has 0 unspecified atom stereocenters. The Morgan fingerprint density at radius 3 is 2.30 bits per heavy atom. The molecule has 0 aromatic heterocycles. The average Bonchev–Trinajstić information content (AvgIpc) is 2.44. The molecule has 0 fully saturated rings. The number of nitrogens with one attached hydrogen (secondary N) is 1. The molecule has 0 radical (unpaired) electrons. The smallest absolute Gasteiger partial charge is 0.160 e. The maximum Gasteiger partial charge on any atom is 0.160 e. The molecular formula is C15H14Cl2FNO. The summed E-state index contributed by atoms with van der Waals surface area (Å²) in [6.45, 7) is 1.13. The van der Waals surface area contributed by atoms with Crippen molar-refractivity contribution in [3.8, 4) is 0 Å². The highest BCUT2D eigenvalue weighted by Gasteiger charge is 2.08. The van der Waals surface area contributed by atoms with Gasteiger partial charge >= 0.3 is 0 Å². The van der Waals surface area contributed by atoms with Crippen molar-refractivity contribution in [2.24, 2.45) is 0 Å². The summed E-state index contributed by atoms with van der Waals surface area (Å²) in [5.41, 5.74) is 2.88. The number of hydrogen-bond donors (Lipinski definition) is 1. The van der Waals surface area contributed by atoms with E-state index in [0.29, 0.717) is 18.8 Å². The summed E-state index contributed by atoms with van der Waals surface area (Å²) >= 11 is 11.5. The summed E-state index contributed by atoms with van der Waals surface area (Å²) in [6.07, 6.45) is 0. The predicted octanol–water partition coefficient (Wildman–Crippen LogP) is 4.89. The van der Waals surface area contributed by atoms with E-state index in [0.717, 1.165) is 11.1 Å². The van der Waals surface area contributed by atoms with Gasteiger partial charge in [-0.3, -0.25) is 0 Å². The number of hydrogen-bond acceptors (Lipinski definition) is 2. The summed E-state index contributed by atoms with van der Waals surface area (Å²) < 4.78 is 18.5. The monoisotopic (exact) mass is 313 g/mol. The summed E-state index contributed by atoms with van der Waals surface area (Å²) in [7, 11) is 1.66. The fraction of sp³-hybridized carbons (Fsp3) is 0.200. The second-order valence-electron chi connectivity index (χ2n) is 4.31. The van der Waals surface area contributed by atoms with Crippen molar-refractivity contribution >= 4 is 28.9 Å². The zero-order valence-electron chi connectivity index (χ0n) is 10.9. The maximum absolute atomic E-state index is 13.3. The van der Waals surface area contributed by atoms with Crippen molar-refractivity contribution in [2.75, 3.05) is 12.4 Å². The molecule has 1 N–H and O–H groups in total. The van der Waals surface area contributed by atoms with Crippen LogP contribution >= 0.6 is 23.2 Å². The third-order valence-corrected chi connectivity index (χ3v) is 3.44. The van der Waals surface area contributed by atoms with Crippen LogP contribution in [-0.2, 0) is 17.9 Å². The van der Waals surface area contributed by atoms with Crippen LogP contribution in [0.15, 0.2) is 36.4 Å². The maximum atomic E-state index is 13.3. The third kappa shape index (κ3) is 3.63. The van der Waals surface area contributed by atoms with Crippen LogP contribution in [0.3, 0.4) is 0 Å². The van der Waals surface area contributed by atoms with Gasteiger partial charge in [0.25, 0.3) is 0 Å². The van der Waals surface area contributed by atoms with Crippen LogP contribution in [0.5, 0.6) is 0 Å². The van der Waals surface area contributed by atoms with Crippen molar-refractivity contribution in [1.82, 2.24) is 0 Å². The third-order valence-electron chi connectivity index (χ3n) is 2.89. The van der Waals surface area contributed by atoms with Gasteiger partial charge in [0.2, 0.25) is 0 Å². The Bertz CT molecular complexity index is 581. The first-order chi connectivity index (χ1) is 9.61. The summed E-state index contributed by atoms with van der Waals surface area (Å²) in [5.74, 6) is -0.598. The van der Waals surface area contributed by atoms with Gasteiger partial charge in [0.1, 0.15) is 0 Å². The lowest BCUT2D eigenvalue weighted by Crippen LogP contribution is -2.04. The summed E-state index contributed by atoms with van der Waals surface area (Å²) in [5, 5.41) is 3.19. The van der Waals surface area contributed by atoms with Gasteiger partial charge in [-0.15, -0.1) is 0 Å². The fourth-order valence-corrected chi connectivity index (χ4v) is 2.37. The second-order valence-corrected chi connectivity index (χ2v) is 5.12. The van der Waals surface area contributed by atoms with Crippen LogP contribution in [0.2, 0.25) is 10.0 Å². The normalized spacial score (nSPS) is 10.6. The molecular weight excluding hydrogens is 300 g/mol. The number of anilines is 1. The number of rotatable bonds is 5. The average molecular weight is 314 g/mol. The Morgan fingerprint density at radius 2 is 1.70 bits per heavy atom. The van der Waals surface area contributed by atoms with Gasteiger partial charge in [0, 0.05) is 19.3 Å². The summed E-state index contributed by atoms with van der Waals surface area (Å²) in [6, 6.07) is 11.0. The number of benzene rings is 2. The van der Waals surface area contributed by atoms with E-state index in [9.17, 15) is 4.39 Å². The standard InChI is InChI=1S/C15H14Cl2FNO/c1-20-9-11-5-3-2-4-10(11)8-19-12-6-13(16)15(18)14(17)7-12/h2-7,19H,8-9H2,1H3. The molecule has 5 heteroatoms. The molecule has 0 aliphatic heterocycles. The minimum Gasteiger partial charge on any atom is -0.381 e. The Kier molecular flexibility index (Phi) is 5.24. The molecule has 0 atom stereocenters. The van der Waals surface area contributed by atoms with Crippen LogP contribution in [-0.4, -0.2) is 7.11 Å². The molecule has 0 bridgehead atoms. The molecule has 2 nitrogen and oxygen atoms in total. The molecule has 106 valence electrons. The van der Waals surface area contributed by atoms with Crippen molar-refractivity contribution in [1.29, 1.82) is 0 Å². The topological polar surface area (TPSA) is 21.3 Å². The highest BCUT2D eigenvalue weighted by atomic mass is 35.5. The first-order valence-corrected chi connectivity index (χ1v) is 6.81. The van der Waals surface area contributed by atoms with E-state index in [1.807, 2.05) is 24.3 Å². The molecule has 0 aliphatic rings. The lowest BCUT2D eigenvalue weighted by molar-refractivity contribution is 0.184. The van der Waals surface area contributed by atoms with Crippen molar-refractivity contribution in [3.05, 3.63) is 63.4 Å². The molecule has 2 rings (SSSR count). The molecule has 0 aliphatic carbocycles. The van der Waals surface area contributed by atoms with Crippen LogP contribution < -0.4 is 5.32 Å². The molecule has 0 saturated carbocycles. The SMILES string of the molecule is COCc1ccccc1CNc1cc(Cl)c(F)c(Cl)c1. The van der Waals surface area contributed by atoms with E-state index >= 15 is 0 Å². The highest BCUT2D eigenvalue weighted by molar-refractivity contribution is 6.35. The van der Waals surface area contributed by atoms with Gasteiger partial charge in [-0.1, -0.05) is 47.5 Å². The number of ether oxygens (including phenoxy) is 1. The Balaban J connectivity index is 2.13. The molecule has 0 saturated heterocycles. The van der Waals surface area contributed by atoms with Crippen LogP contribution in [0.25, 0.3) is 0 Å². The van der Waals surface area contributed by atoms with Gasteiger partial charge in [-0.2, -0.15) is 0 Å². The Labute approximate surface area is 127 Å². The van der Waals surface area contributed by atoms with Gasteiger partial charge in [-0.25, -0.2) is 4.39 Å². The first-order valence-electron chi connectivity index (χ1n) is 6.06. The van der Waals surface area contributed by atoms with Crippen LogP contribution in [0.1, 0.15) is 11.1 Å². The van der Waals surface area contributed by atoms with E-state index in [1.54, 1.807) is 7.11 Å². The molecule has 20 heavy (non-hydrogen) atoms. The molecule has 2 aromatic rings. The Hall–Kier alpha value is -1.29. The molecule has 0 amide bonds. The van der Waals surface area contributed by atoms with Gasteiger partial charge in [0.15, 0.2) is 5.82 Å². The van der Waals surface area contributed by atoms with Crippen molar-refractivity contribution in [3.63, 3.8) is 0 Å². The summed E-state index contributed by atoms with van der Waals surface area (Å²) in [4.78, 5) is 0. The van der Waals surface area contributed by atoms with Crippen LogP contribution in [0.4, 0.5) is 10.1 Å². The number of halogens is 3. The van der Waals surface area contributed by atoms with E-state index in [2.05, 4.69) is 5.32 Å². The molecule has 0 spiro atoms. The minimum atomic E-state index is -0.598. The largest absolute Gasteiger partial charge is 0.381 e. The van der Waals surface area contributed by atoms with E-state index in [4.69, 9.17) is 27.9 Å². The first kappa shape index (κ1) is 15.1. The number of methoxy groups -OCH3 is 1. The van der Waals surface area contributed by atoms with Gasteiger partial charge < -0.3 is 10.1 Å². The van der Waals surface area contributed by atoms with Crippen molar-refractivity contribution < 1.29 is 9.13 Å². The Morgan fingerprint density at radius 1 is 1.10 bits per heavy atom. The molecule has 0 heterocycles. The van der Waals surface area contributed by atoms with E-state index in [1.165, 1.54) is 12.1 Å². The quantitative estimate of drug-likeness (QED) is 0.793. The van der Waals surface area contributed by atoms with Crippen LogP contribution in [0, 0.1) is 5.82 Å². The minimum absolute atomic E-state index is 0.00479. The lowest BCUT2D eigenvalue weighted by atomic mass is 10.1. The van der Waals surface area contributed by atoms with Gasteiger partial charge in [-0.05, 0) is 23.3 Å². The van der Waals surface area contributed by atoms with E-state index < -0.39 is 5.82 Å². The van der Waals surface area contributed by atoms with E-state index in [-0.39, 0.29) is 10.0 Å². The zero-order valence-corrected chi connectivity index (χ0v) is 12.4. The lowest BCUT2D eigenvalue weighted by Gasteiger charge is -2.12. The molecule has 2 aromatic carbocycles. The van der Waals surface area contributed by atoms with Crippen molar-refractivity contribution in [2.45, 2.75) is 13.2 Å². The highest BCUT2D eigenvalue weighted by Crippen LogP contribution is 2.27. The fourth-order valence-electron chi connectivity index (χ4n) is 1.88. The second kappa shape index (κ2) is 6.93. The van der Waals surface area contributed by atoms with Gasteiger partial charge in [0.05, 0.1) is 16.7 Å². The zero-order chi connectivity index (χ0) is 14.5. The predicted molar refractivity (Wildman–Crippen MR) is 80.9 cm³/mol.